The Morgan fingerprint density at radius 3 is 2.25 bits per heavy atom. The van der Waals surface area contributed by atoms with Crippen LogP contribution in [0.5, 0.6) is 0 Å². The monoisotopic (exact) mass is 722 g/mol. The van der Waals surface area contributed by atoms with Crippen LogP contribution in [0.15, 0.2) is 30.3 Å². The molecule has 7 rings (SSSR count). The zero-order chi connectivity index (χ0) is 36.6. The molecule has 9 nitrogen and oxygen atoms in total. The van der Waals surface area contributed by atoms with E-state index in [9.17, 15) is 23.1 Å². The summed E-state index contributed by atoms with van der Waals surface area (Å²) in [7, 11) is -1.19. The summed E-state index contributed by atoms with van der Waals surface area (Å²) in [6.07, 6.45) is 12.7. The molecule has 1 heterocycles. The molecule has 0 bridgehead atoms. The maximum atomic E-state index is 12.9. The number of nitrogens with zero attached hydrogens (tertiary/aromatic N) is 1. The van der Waals surface area contributed by atoms with Gasteiger partial charge in [-0.2, -0.15) is 0 Å². The number of hydrogen-bond donors (Lipinski definition) is 4. The van der Waals surface area contributed by atoms with E-state index in [0.29, 0.717) is 42.3 Å². The zero-order valence-corrected chi connectivity index (χ0v) is 32.6. The van der Waals surface area contributed by atoms with Gasteiger partial charge in [-0.05, 0) is 120 Å². The molecular weight excluding hydrogens is 661 g/mol. The molecule has 5 aliphatic carbocycles. The Morgan fingerprint density at radius 1 is 0.882 bits per heavy atom. The van der Waals surface area contributed by atoms with Crippen molar-refractivity contribution >= 4 is 27.4 Å². The first-order chi connectivity index (χ1) is 24.0. The summed E-state index contributed by atoms with van der Waals surface area (Å²) in [5.41, 5.74) is 3.27. The van der Waals surface area contributed by atoms with Crippen molar-refractivity contribution in [2.75, 3.05) is 44.7 Å². The predicted octanol–water partition coefficient (Wildman–Crippen LogP) is 6.21. The Morgan fingerprint density at radius 2 is 1.59 bits per heavy atom. The van der Waals surface area contributed by atoms with E-state index in [4.69, 9.17) is 0 Å². The minimum absolute atomic E-state index is 0.0251. The molecule has 1 aromatic carbocycles. The molecule has 4 unspecified atom stereocenters. The Bertz CT molecular complexity index is 1660. The van der Waals surface area contributed by atoms with Crippen LogP contribution in [-0.4, -0.2) is 86.7 Å². The highest BCUT2D eigenvalue weighted by Gasteiger charge is 2.70. The number of sulfone groups is 1. The molecule has 1 aliphatic heterocycles. The second kappa shape index (κ2) is 12.9. The number of benzene rings is 1. The molecule has 0 spiro atoms. The first-order valence-electron chi connectivity index (χ1n) is 19.7. The number of rotatable bonds is 7. The first-order valence-corrected chi connectivity index (χ1v) is 21.5. The van der Waals surface area contributed by atoms with Gasteiger partial charge in [-0.25, -0.2) is 18.0 Å². The van der Waals surface area contributed by atoms with Crippen molar-refractivity contribution in [3.05, 3.63) is 41.5 Å². The number of carbonyl (C=O) groups is 2. The van der Waals surface area contributed by atoms with E-state index in [0.717, 1.165) is 44.3 Å². The SMILES string of the molecule is CNC(=O)NC1CC[C@]2(NCCN3CCS(=O)(=O)CC3)CC[C@]3(C)[C@H](CCC4[C@@]5(C)CC=C(c6ccc(C(=O)O)cc6)C(C)(C)C5CC[C@]43C)C12. The van der Waals surface area contributed by atoms with E-state index in [1.807, 2.05) is 12.1 Å². The van der Waals surface area contributed by atoms with E-state index < -0.39 is 15.8 Å². The molecule has 9 atom stereocenters. The number of carboxylic acid groups (broad SMARTS) is 1. The highest BCUT2D eigenvalue weighted by Crippen LogP contribution is 2.76. The summed E-state index contributed by atoms with van der Waals surface area (Å²) < 4.78 is 24.1. The second-order valence-electron chi connectivity index (χ2n) is 18.6. The van der Waals surface area contributed by atoms with Gasteiger partial charge in [0.2, 0.25) is 0 Å². The first kappa shape index (κ1) is 36.9. The van der Waals surface area contributed by atoms with Crippen LogP contribution < -0.4 is 16.0 Å². The fraction of sp³-hybridized carbons (Fsp3) is 0.756. The van der Waals surface area contributed by atoms with Crippen LogP contribution in [0, 0.1) is 45.3 Å². The molecular formula is C41H62N4O5S. The van der Waals surface area contributed by atoms with Crippen molar-refractivity contribution < 1.29 is 23.1 Å². The lowest BCUT2D eigenvalue weighted by atomic mass is 9.33. The average Bonchev–Trinajstić information content (AvgIpc) is 3.43. The summed E-state index contributed by atoms with van der Waals surface area (Å²) in [5, 5.41) is 19.9. The van der Waals surface area contributed by atoms with Gasteiger partial charge in [0.05, 0.1) is 17.1 Å². The third-order valence-electron chi connectivity index (χ3n) is 16.3. The number of carbonyl (C=O) groups excluding carboxylic acids is 1. The molecule has 10 heteroatoms. The lowest BCUT2D eigenvalue weighted by molar-refractivity contribution is -0.218. The molecule has 0 aromatic heterocycles. The van der Waals surface area contributed by atoms with Crippen LogP contribution in [0.25, 0.3) is 5.57 Å². The van der Waals surface area contributed by atoms with E-state index in [1.165, 1.54) is 37.7 Å². The number of aromatic carboxylic acids is 1. The molecule has 282 valence electrons. The number of nitrogens with one attached hydrogen (secondary N) is 3. The Labute approximate surface area is 306 Å². The Hall–Kier alpha value is -2.43. The third kappa shape index (κ3) is 5.88. The lowest BCUT2D eigenvalue weighted by Gasteiger charge is -2.72. The van der Waals surface area contributed by atoms with Crippen molar-refractivity contribution in [3.8, 4) is 0 Å². The maximum Gasteiger partial charge on any atom is 0.335 e. The van der Waals surface area contributed by atoms with Crippen LogP contribution in [-0.2, 0) is 9.84 Å². The second-order valence-corrected chi connectivity index (χ2v) is 20.9. The summed E-state index contributed by atoms with van der Waals surface area (Å²) in [6, 6.07) is 7.54. The largest absolute Gasteiger partial charge is 0.478 e. The van der Waals surface area contributed by atoms with Crippen LogP contribution in [0.1, 0.15) is 108 Å². The van der Waals surface area contributed by atoms with Crippen molar-refractivity contribution in [3.63, 3.8) is 0 Å². The summed E-state index contributed by atoms with van der Waals surface area (Å²) in [4.78, 5) is 26.7. The van der Waals surface area contributed by atoms with Gasteiger partial charge in [0.25, 0.3) is 0 Å². The molecule has 2 amide bonds. The summed E-state index contributed by atoms with van der Waals surface area (Å²) in [5.74, 6) is 1.61. The van der Waals surface area contributed by atoms with Crippen LogP contribution in [0.4, 0.5) is 4.79 Å². The van der Waals surface area contributed by atoms with Gasteiger partial charge in [-0.15, -0.1) is 0 Å². The summed E-state index contributed by atoms with van der Waals surface area (Å²) in [6.45, 7) is 15.7. The topological polar surface area (TPSA) is 128 Å². The number of amides is 2. The van der Waals surface area contributed by atoms with Gasteiger partial charge in [-0.3, -0.25) is 0 Å². The lowest BCUT2D eigenvalue weighted by Crippen LogP contribution is -2.69. The standard InChI is InChI=1S/C41H62N4O5S/c1-37(2)29(27-7-9-28(10-8-27)35(46)47)13-16-38(3)32(37)15-17-40(5)33(38)12-11-30-34-31(44-36(48)42-6)14-18-41(34,20-19-39(30,40)4)43-21-22-45-23-25-51(49,50)26-24-45/h7-10,13,30-34,43H,11-12,14-26H2,1-6H3,(H,46,47)(H2,42,44,48)/t30-,31?,32?,33?,34?,38+,39-,40-,41+/m1/s1. The number of hydrogen-bond acceptors (Lipinski definition) is 6. The Kier molecular flexibility index (Phi) is 9.31. The molecule has 51 heavy (non-hydrogen) atoms. The van der Waals surface area contributed by atoms with E-state index in [1.54, 1.807) is 19.2 Å². The highest BCUT2D eigenvalue weighted by molar-refractivity contribution is 7.91. The van der Waals surface area contributed by atoms with Crippen LogP contribution >= 0.6 is 0 Å². The fourth-order valence-corrected chi connectivity index (χ4v) is 14.9. The molecule has 6 aliphatic rings. The number of fused-ring (bicyclic) bond motifs is 7. The molecule has 1 aromatic rings. The molecule has 0 radical (unpaired) electrons. The van der Waals surface area contributed by atoms with E-state index in [-0.39, 0.29) is 50.8 Å². The number of carboxylic acids is 1. The van der Waals surface area contributed by atoms with E-state index in [2.05, 4.69) is 61.5 Å². The number of allylic oxidation sites excluding steroid dienone is 2. The van der Waals surface area contributed by atoms with Crippen molar-refractivity contribution in [2.24, 2.45) is 45.3 Å². The number of urea groups is 1. The van der Waals surface area contributed by atoms with Gasteiger partial charge in [0, 0.05) is 50.7 Å². The molecule has 5 fully saturated rings. The normalized spacial score (nSPS) is 41.2. The molecule has 1 saturated heterocycles. The van der Waals surface area contributed by atoms with Gasteiger partial charge in [0.15, 0.2) is 9.84 Å². The van der Waals surface area contributed by atoms with Gasteiger partial charge in [0.1, 0.15) is 0 Å². The Balaban J connectivity index is 1.15. The smallest absolute Gasteiger partial charge is 0.335 e. The zero-order valence-electron chi connectivity index (χ0n) is 31.8. The van der Waals surface area contributed by atoms with Crippen molar-refractivity contribution in [1.29, 1.82) is 0 Å². The van der Waals surface area contributed by atoms with Crippen molar-refractivity contribution in [2.45, 2.75) is 104 Å². The highest BCUT2D eigenvalue weighted by atomic mass is 32.2. The third-order valence-corrected chi connectivity index (χ3v) is 17.9. The summed E-state index contributed by atoms with van der Waals surface area (Å²) >= 11 is 0. The minimum atomic E-state index is -2.90. The van der Waals surface area contributed by atoms with Crippen LogP contribution in [0.2, 0.25) is 0 Å². The fourth-order valence-electron chi connectivity index (χ4n) is 13.6. The van der Waals surface area contributed by atoms with Gasteiger partial charge >= 0.3 is 12.0 Å². The molecule has 4 N–H and O–H groups in total. The van der Waals surface area contributed by atoms with Gasteiger partial charge < -0.3 is 26.0 Å². The minimum Gasteiger partial charge on any atom is -0.478 e. The predicted molar refractivity (Wildman–Crippen MR) is 202 cm³/mol. The van der Waals surface area contributed by atoms with E-state index >= 15 is 0 Å². The maximum absolute atomic E-state index is 12.9. The average molecular weight is 723 g/mol. The van der Waals surface area contributed by atoms with Crippen LogP contribution in [0.3, 0.4) is 0 Å². The quantitative estimate of drug-likeness (QED) is 0.264. The molecule has 4 saturated carbocycles. The van der Waals surface area contributed by atoms with Crippen molar-refractivity contribution in [1.82, 2.24) is 20.9 Å². The van der Waals surface area contributed by atoms with Gasteiger partial charge in [-0.1, -0.05) is 52.8 Å².